The Morgan fingerprint density at radius 3 is 2.71 bits per heavy atom. The number of nitrogens with two attached hydrogens (primary N) is 1. The first-order valence-electron chi connectivity index (χ1n) is 6.59. The lowest BCUT2D eigenvalue weighted by atomic mass is 10.2. The average molecular weight is 319 g/mol. The van der Waals surface area contributed by atoms with Gasteiger partial charge in [0.2, 0.25) is 0 Å². The Balaban J connectivity index is 2.38. The first kappa shape index (κ1) is 15.8. The number of ether oxygens (including phenoxy) is 1. The minimum absolute atomic E-state index is 0.0227. The monoisotopic (exact) mass is 319 g/mol. The third-order valence-corrected chi connectivity index (χ3v) is 3.99. The summed E-state index contributed by atoms with van der Waals surface area (Å²) in [5.41, 5.74) is 7.41. The molecule has 0 atom stereocenters. The Bertz CT molecular complexity index is 644. The van der Waals surface area contributed by atoms with Crippen molar-refractivity contribution in [3.05, 3.63) is 53.6 Å². The highest BCUT2D eigenvalue weighted by molar-refractivity contribution is 7.99. The Morgan fingerprint density at radius 2 is 2.05 bits per heavy atom. The van der Waals surface area contributed by atoms with Crippen LogP contribution in [0.1, 0.15) is 18.1 Å². The molecular weight excluding hydrogens is 302 g/mol. The quantitative estimate of drug-likeness (QED) is 0.628. The zero-order valence-electron chi connectivity index (χ0n) is 11.7. The topological polar surface area (TPSA) is 55.5 Å². The zero-order valence-corrected chi connectivity index (χ0v) is 13.3. The second kappa shape index (κ2) is 7.45. The SMILES string of the molecule is CCSc1cccc(Oc2cccc(CO)c2)c1C(N)=S. The van der Waals surface area contributed by atoms with Crippen LogP contribution in [-0.4, -0.2) is 15.8 Å². The van der Waals surface area contributed by atoms with Crippen LogP contribution in [0.15, 0.2) is 47.4 Å². The summed E-state index contributed by atoms with van der Waals surface area (Å²) in [7, 11) is 0. The molecule has 3 nitrogen and oxygen atoms in total. The highest BCUT2D eigenvalue weighted by Gasteiger charge is 2.13. The van der Waals surface area contributed by atoms with Crippen LogP contribution in [0.25, 0.3) is 0 Å². The van der Waals surface area contributed by atoms with Crippen LogP contribution in [0.3, 0.4) is 0 Å². The van der Waals surface area contributed by atoms with Crippen molar-refractivity contribution in [2.45, 2.75) is 18.4 Å². The number of rotatable bonds is 6. The van der Waals surface area contributed by atoms with Gasteiger partial charge in [-0.15, -0.1) is 11.8 Å². The van der Waals surface area contributed by atoms with E-state index in [4.69, 9.17) is 22.7 Å². The van der Waals surface area contributed by atoms with Crippen LogP contribution in [0.2, 0.25) is 0 Å². The molecule has 2 aromatic rings. The molecule has 0 spiro atoms. The molecule has 5 heteroatoms. The van der Waals surface area contributed by atoms with E-state index in [0.29, 0.717) is 16.5 Å². The molecule has 0 saturated carbocycles. The summed E-state index contributed by atoms with van der Waals surface area (Å²) in [6.07, 6.45) is 0. The molecule has 0 amide bonds. The van der Waals surface area contributed by atoms with Crippen molar-refractivity contribution < 1.29 is 9.84 Å². The number of aliphatic hydroxyl groups excluding tert-OH is 1. The molecule has 3 N–H and O–H groups in total. The van der Waals surface area contributed by atoms with E-state index in [-0.39, 0.29) is 6.61 Å². The lowest BCUT2D eigenvalue weighted by molar-refractivity contribution is 0.281. The van der Waals surface area contributed by atoms with Gasteiger partial charge in [-0.3, -0.25) is 0 Å². The molecule has 0 radical (unpaired) electrons. The predicted octanol–water partition coefficient (Wildman–Crippen LogP) is 3.72. The minimum Gasteiger partial charge on any atom is -0.457 e. The Morgan fingerprint density at radius 1 is 1.29 bits per heavy atom. The van der Waals surface area contributed by atoms with Gasteiger partial charge in [0.25, 0.3) is 0 Å². The molecule has 2 aromatic carbocycles. The summed E-state index contributed by atoms with van der Waals surface area (Å²) < 4.78 is 5.91. The van der Waals surface area contributed by atoms with E-state index in [1.54, 1.807) is 17.8 Å². The van der Waals surface area contributed by atoms with Crippen LogP contribution in [0, 0.1) is 0 Å². The van der Waals surface area contributed by atoms with Gasteiger partial charge in [0.1, 0.15) is 16.5 Å². The molecule has 21 heavy (non-hydrogen) atoms. The summed E-state index contributed by atoms with van der Waals surface area (Å²) in [6, 6.07) is 13.1. The Labute approximate surface area is 134 Å². The van der Waals surface area contributed by atoms with Gasteiger partial charge in [0.15, 0.2) is 0 Å². The van der Waals surface area contributed by atoms with E-state index < -0.39 is 0 Å². The van der Waals surface area contributed by atoms with Crippen LogP contribution in [0.5, 0.6) is 11.5 Å². The van der Waals surface area contributed by atoms with Gasteiger partial charge in [-0.2, -0.15) is 0 Å². The molecule has 0 bridgehead atoms. The van der Waals surface area contributed by atoms with Crippen molar-refractivity contribution in [2.75, 3.05) is 5.75 Å². The number of benzene rings is 2. The molecule has 0 aromatic heterocycles. The number of hydrogen-bond acceptors (Lipinski definition) is 4. The van der Waals surface area contributed by atoms with Crippen LogP contribution < -0.4 is 10.5 Å². The van der Waals surface area contributed by atoms with E-state index in [9.17, 15) is 5.11 Å². The lowest BCUT2D eigenvalue weighted by Gasteiger charge is -2.14. The van der Waals surface area contributed by atoms with E-state index >= 15 is 0 Å². The molecule has 0 fully saturated rings. The third kappa shape index (κ3) is 3.97. The molecule has 2 rings (SSSR count). The largest absolute Gasteiger partial charge is 0.457 e. The average Bonchev–Trinajstić information content (AvgIpc) is 2.47. The van der Waals surface area contributed by atoms with Crippen molar-refractivity contribution >= 4 is 29.0 Å². The van der Waals surface area contributed by atoms with Gasteiger partial charge in [-0.25, -0.2) is 0 Å². The van der Waals surface area contributed by atoms with Crippen molar-refractivity contribution in [3.8, 4) is 11.5 Å². The summed E-state index contributed by atoms with van der Waals surface area (Å²) in [5, 5.41) is 9.19. The van der Waals surface area contributed by atoms with Gasteiger partial charge >= 0.3 is 0 Å². The van der Waals surface area contributed by atoms with Gasteiger partial charge in [-0.1, -0.05) is 37.3 Å². The number of hydrogen-bond donors (Lipinski definition) is 2. The molecule has 110 valence electrons. The van der Waals surface area contributed by atoms with Crippen LogP contribution in [-0.2, 0) is 6.61 Å². The van der Waals surface area contributed by atoms with Gasteiger partial charge in [0.05, 0.1) is 12.2 Å². The molecule has 0 unspecified atom stereocenters. The fraction of sp³-hybridized carbons (Fsp3) is 0.188. The van der Waals surface area contributed by atoms with E-state index in [1.807, 2.05) is 36.4 Å². The molecule has 0 aliphatic rings. The van der Waals surface area contributed by atoms with E-state index in [2.05, 4.69) is 6.92 Å². The van der Waals surface area contributed by atoms with Gasteiger partial charge in [-0.05, 0) is 35.6 Å². The first-order valence-corrected chi connectivity index (χ1v) is 7.98. The summed E-state index contributed by atoms with van der Waals surface area (Å²) in [4.78, 5) is 1.33. The molecule has 0 aliphatic heterocycles. The van der Waals surface area contributed by atoms with Crippen LogP contribution >= 0.6 is 24.0 Å². The maximum atomic E-state index is 9.19. The maximum Gasteiger partial charge on any atom is 0.138 e. The van der Waals surface area contributed by atoms with Gasteiger partial charge in [0, 0.05) is 4.90 Å². The normalized spacial score (nSPS) is 10.4. The highest BCUT2D eigenvalue weighted by atomic mass is 32.2. The van der Waals surface area contributed by atoms with Crippen LogP contribution in [0.4, 0.5) is 0 Å². The second-order valence-corrected chi connectivity index (χ2v) is 6.08. The van der Waals surface area contributed by atoms with E-state index in [1.165, 1.54) is 0 Å². The standard InChI is InChI=1S/C16H17NO2S2/c1-2-21-14-8-4-7-13(15(14)16(17)20)19-12-6-3-5-11(9-12)10-18/h3-9,18H,2,10H2,1H3,(H2,17,20). The molecule has 0 aliphatic carbocycles. The third-order valence-electron chi connectivity index (χ3n) is 2.84. The number of aliphatic hydroxyl groups is 1. The first-order chi connectivity index (χ1) is 10.2. The minimum atomic E-state index is -0.0227. The number of thiocarbonyl (C=S) groups is 1. The molecule has 0 heterocycles. The van der Waals surface area contributed by atoms with Crippen molar-refractivity contribution in [2.24, 2.45) is 5.73 Å². The predicted molar refractivity (Wildman–Crippen MR) is 91.2 cm³/mol. The summed E-state index contributed by atoms with van der Waals surface area (Å²) >= 11 is 6.84. The Kier molecular flexibility index (Phi) is 5.61. The van der Waals surface area contributed by atoms with E-state index in [0.717, 1.165) is 21.8 Å². The number of thioether (sulfide) groups is 1. The zero-order chi connectivity index (χ0) is 15.2. The van der Waals surface area contributed by atoms with Crippen molar-refractivity contribution in [1.82, 2.24) is 0 Å². The van der Waals surface area contributed by atoms with Crippen molar-refractivity contribution in [1.29, 1.82) is 0 Å². The summed E-state index contributed by atoms with van der Waals surface area (Å²) in [5.74, 6) is 2.22. The maximum absolute atomic E-state index is 9.19. The lowest BCUT2D eigenvalue weighted by Crippen LogP contribution is -2.12. The molecule has 0 saturated heterocycles. The highest BCUT2D eigenvalue weighted by Crippen LogP contribution is 2.33. The second-order valence-electron chi connectivity index (χ2n) is 4.33. The fourth-order valence-corrected chi connectivity index (χ4v) is 3.06. The van der Waals surface area contributed by atoms with Crippen molar-refractivity contribution in [3.63, 3.8) is 0 Å². The summed E-state index contributed by atoms with van der Waals surface area (Å²) in [6.45, 7) is 2.05. The Hall–Kier alpha value is -1.56. The van der Waals surface area contributed by atoms with Gasteiger partial charge < -0.3 is 15.6 Å². The fourth-order valence-electron chi connectivity index (χ4n) is 1.95. The molecular formula is C16H17NO2S2. The smallest absolute Gasteiger partial charge is 0.138 e.